The maximum Gasteiger partial charge on any atom is 0.368 e. The molecule has 2 nitrogen and oxygen atoms in total. The first-order chi connectivity index (χ1) is 13.7. The molecule has 0 amide bonds. The predicted molar refractivity (Wildman–Crippen MR) is 130 cm³/mol. The van der Waals surface area contributed by atoms with Crippen molar-refractivity contribution >= 4 is 16.2 Å². The lowest BCUT2D eigenvalue weighted by Crippen LogP contribution is -2.09. The van der Waals surface area contributed by atoms with Crippen LogP contribution in [0.2, 0.25) is 0 Å². The molecule has 0 aliphatic rings. The lowest BCUT2D eigenvalue weighted by Gasteiger charge is -2.23. The summed E-state index contributed by atoms with van der Waals surface area (Å²) in [5, 5.41) is 0. The zero-order valence-corrected chi connectivity index (χ0v) is 21.3. The summed E-state index contributed by atoms with van der Waals surface area (Å²) >= 11 is 0. The molecule has 0 fully saturated rings. The summed E-state index contributed by atoms with van der Waals surface area (Å²) in [6.45, 7) is 6.83. The Hall–Kier alpha value is 0.490. The van der Waals surface area contributed by atoms with Crippen LogP contribution in [0.3, 0.4) is 0 Å². The molecule has 0 aromatic rings. The predicted octanol–water partition coefficient (Wildman–Crippen LogP) is 10.2. The first kappa shape index (κ1) is 28.5. The second-order valence-corrected chi connectivity index (χ2v) is 12.9. The van der Waals surface area contributed by atoms with Crippen LogP contribution in [0, 0.1) is 0 Å². The molecular formula is C24H51O2P2+. The van der Waals surface area contributed by atoms with Gasteiger partial charge in [-0.25, -0.2) is 4.57 Å². The standard InChI is InChI=1S/C24H51O2P2/c1-4-7-10-13-16-19-22-28(26-27-25,23-20-17-14-11-8-5-2)24-21-18-15-12-9-6-3/h4-24H2,1-3H3/q+1. The molecule has 0 saturated heterocycles. The molecule has 168 valence electrons. The number of hydrogen-bond donors (Lipinski definition) is 0. The van der Waals surface area contributed by atoms with Crippen LogP contribution in [-0.4, -0.2) is 18.5 Å². The van der Waals surface area contributed by atoms with E-state index in [9.17, 15) is 4.57 Å². The van der Waals surface area contributed by atoms with Crippen molar-refractivity contribution in [1.29, 1.82) is 0 Å². The van der Waals surface area contributed by atoms with Gasteiger partial charge in [0.1, 0.15) is 0 Å². The van der Waals surface area contributed by atoms with E-state index < -0.39 is 7.49 Å². The summed E-state index contributed by atoms with van der Waals surface area (Å²) in [4.78, 5) is 0. The van der Waals surface area contributed by atoms with Crippen LogP contribution in [0.25, 0.3) is 0 Å². The molecule has 0 bridgehead atoms. The van der Waals surface area contributed by atoms with Gasteiger partial charge < -0.3 is 0 Å². The topological polar surface area (TPSA) is 26.3 Å². The number of rotatable bonds is 23. The molecule has 0 spiro atoms. The van der Waals surface area contributed by atoms with Gasteiger partial charge in [0.2, 0.25) is 0 Å². The van der Waals surface area contributed by atoms with E-state index >= 15 is 0 Å². The van der Waals surface area contributed by atoms with Crippen molar-refractivity contribution in [2.75, 3.05) is 18.5 Å². The van der Waals surface area contributed by atoms with Crippen molar-refractivity contribution < 1.29 is 8.88 Å². The van der Waals surface area contributed by atoms with Gasteiger partial charge >= 0.3 is 8.69 Å². The van der Waals surface area contributed by atoms with Crippen molar-refractivity contribution in [2.45, 2.75) is 136 Å². The van der Waals surface area contributed by atoms with E-state index in [-0.39, 0.29) is 8.69 Å². The Morgan fingerprint density at radius 1 is 0.500 bits per heavy atom. The molecule has 0 unspecified atom stereocenters. The first-order valence-electron chi connectivity index (χ1n) is 12.6. The fourth-order valence-electron chi connectivity index (χ4n) is 4.07. The van der Waals surface area contributed by atoms with Crippen LogP contribution < -0.4 is 0 Å². The highest BCUT2D eigenvalue weighted by Gasteiger charge is 2.39. The third-order valence-electron chi connectivity index (χ3n) is 5.96. The molecule has 0 rings (SSSR count). The van der Waals surface area contributed by atoms with Crippen molar-refractivity contribution in [1.82, 2.24) is 0 Å². The Balaban J connectivity index is 4.41. The SMILES string of the molecule is CCCCCCCC[P+](CCCCCCCC)(CCCCCCCC)OP=O. The smallest absolute Gasteiger partial charge is 0.237 e. The lowest BCUT2D eigenvalue weighted by atomic mass is 10.1. The molecule has 0 N–H and O–H groups in total. The van der Waals surface area contributed by atoms with Crippen molar-refractivity contribution in [3.63, 3.8) is 0 Å². The van der Waals surface area contributed by atoms with Gasteiger partial charge in [-0.15, -0.1) is 4.31 Å². The average molecular weight is 434 g/mol. The minimum absolute atomic E-state index is 0.0656. The quantitative estimate of drug-likeness (QED) is 0.118. The summed E-state index contributed by atoms with van der Waals surface area (Å²) in [5.41, 5.74) is 0. The summed E-state index contributed by atoms with van der Waals surface area (Å²) in [6.07, 6.45) is 27.7. The third kappa shape index (κ3) is 17.4. The summed E-state index contributed by atoms with van der Waals surface area (Å²) in [6, 6.07) is 0. The molecule has 0 atom stereocenters. The molecule has 0 aliphatic carbocycles. The van der Waals surface area contributed by atoms with E-state index in [1.807, 2.05) is 0 Å². The summed E-state index contributed by atoms with van der Waals surface area (Å²) < 4.78 is 17.5. The van der Waals surface area contributed by atoms with Gasteiger partial charge in [0.15, 0.2) is 7.49 Å². The fourth-order valence-corrected chi connectivity index (χ4v) is 8.69. The maximum atomic E-state index is 11.4. The van der Waals surface area contributed by atoms with Crippen LogP contribution >= 0.6 is 16.2 Å². The number of hydrogen-bond acceptors (Lipinski definition) is 2. The molecule has 4 heteroatoms. The van der Waals surface area contributed by atoms with E-state index in [4.69, 9.17) is 4.31 Å². The van der Waals surface area contributed by atoms with Crippen molar-refractivity contribution in [3.05, 3.63) is 0 Å². The normalized spacial score (nSPS) is 12.1. The minimum Gasteiger partial charge on any atom is -0.237 e. The first-order valence-corrected chi connectivity index (χ1v) is 15.6. The highest BCUT2D eigenvalue weighted by molar-refractivity contribution is 7.74. The van der Waals surface area contributed by atoms with Crippen LogP contribution in [0.5, 0.6) is 0 Å². The van der Waals surface area contributed by atoms with Gasteiger partial charge in [-0.2, -0.15) is 0 Å². The molecular weight excluding hydrogens is 382 g/mol. The van der Waals surface area contributed by atoms with Crippen LogP contribution in [0.1, 0.15) is 136 Å². The largest absolute Gasteiger partial charge is 0.368 e. The van der Waals surface area contributed by atoms with Gasteiger partial charge in [-0.05, 0) is 38.5 Å². The molecule has 0 radical (unpaired) electrons. The second-order valence-electron chi connectivity index (χ2n) is 8.69. The monoisotopic (exact) mass is 433 g/mol. The van der Waals surface area contributed by atoms with Crippen LogP contribution in [0.15, 0.2) is 0 Å². The summed E-state index contributed by atoms with van der Waals surface area (Å²) in [5.74, 6) is 0. The van der Waals surface area contributed by atoms with E-state index in [1.54, 1.807) is 0 Å². The highest BCUT2D eigenvalue weighted by Crippen LogP contribution is 2.64. The van der Waals surface area contributed by atoms with Crippen molar-refractivity contribution in [3.8, 4) is 0 Å². The van der Waals surface area contributed by atoms with E-state index in [0.29, 0.717) is 0 Å². The molecule has 0 heterocycles. The van der Waals surface area contributed by atoms with Gasteiger partial charge in [0, 0.05) is 0 Å². The Morgan fingerprint density at radius 2 is 0.786 bits per heavy atom. The minimum atomic E-state index is -1.49. The average Bonchev–Trinajstić information content (AvgIpc) is 2.70. The maximum absolute atomic E-state index is 11.4. The Morgan fingerprint density at radius 3 is 1.07 bits per heavy atom. The van der Waals surface area contributed by atoms with Crippen LogP contribution in [-0.2, 0) is 8.88 Å². The van der Waals surface area contributed by atoms with Gasteiger partial charge in [-0.3, -0.25) is 0 Å². The highest BCUT2D eigenvalue weighted by atomic mass is 31.2. The fraction of sp³-hybridized carbons (Fsp3) is 1.00. The third-order valence-corrected chi connectivity index (χ3v) is 11.0. The van der Waals surface area contributed by atoms with Gasteiger partial charge in [-0.1, -0.05) is 97.8 Å². The van der Waals surface area contributed by atoms with E-state index in [0.717, 1.165) is 0 Å². The van der Waals surface area contributed by atoms with Gasteiger partial charge in [0.05, 0.1) is 18.5 Å². The second kappa shape index (κ2) is 22.2. The zero-order valence-electron chi connectivity index (χ0n) is 19.6. The molecule has 0 aromatic heterocycles. The Bertz CT molecular complexity index is 283. The van der Waals surface area contributed by atoms with Crippen LogP contribution in [0.4, 0.5) is 0 Å². The zero-order chi connectivity index (χ0) is 20.8. The molecule has 28 heavy (non-hydrogen) atoms. The number of unbranched alkanes of at least 4 members (excludes halogenated alkanes) is 15. The van der Waals surface area contributed by atoms with E-state index in [2.05, 4.69) is 20.8 Å². The molecule has 0 aromatic carbocycles. The van der Waals surface area contributed by atoms with Crippen molar-refractivity contribution in [2.24, 2.45) is 0 Å². The Kier molecular flexibility index (Phi) is 22.6. The molecule has 0 aliphatic heterocycles. The molecule has 0 saturated carbocycles. The van der Waals surface area contributed by atoms with Gasteiger partial charge in [0.25, 0.3) is 0 Å². The summed E-state index contributed by atoms with van der Waals surface area (Å²) in [7, 11) is -1.55. The van der Waals surface area contributed by atoms with E-state index in [1.165, 1.54) is 134 Å². The lowest BCUT2D eigenvalue weighted by molar-refractivity contribution is 0.530. The Labute approximate surface area is 180 Å².